The molecule has 0 atom stereocenters. The first-order chi connectivity index (χ1) is 55.6. The van der Waals surface area contributed by atoms with Crippen LogP contribution < -0.4 is 24.5 Å². The summed E-state index contributed by atoms with van der Waals surface area (Å²) in [4.78, 5) is 11.8. The zero-order valence-electron chi connectivity index (χ0n) is 61.6. The van der Waals surface area contributed by atoms with Crippen molar-refractivity contribution in [2.24, 2.45) is 0 Å². The fraction of sp³-hybridized carbons (Fsp3) is 0.0297. The van der Waals surface area contributed by atoms with E-state index in [1.807, 2.05) is 0 Å². The third kappa shape index (κ3) is 11.8. The molecule has 7 aromatic heterocycles. The molecule has 0 aliphatic rings. The van der Waals surface area contributed by atoms with Crippen LogP contribution in [-0.4, -0.2) is 0 Å². The highest BCUT2D eigenvalue weighted by Crippen LogP contribution is 2.49. The highest BCUT2D eigenvalue weighted by Gasteiger charge is 2.25. The molecule has 0 fully saturated rings. The van der Waals surface area contributed by atoms with Crippen molar-refractivity contribution in [2.45, 2.75) is 20.8 Å². The van der Waals surface area contributed by atoms with Gasteiger partial charge in [0.1, 0.15) is 33.5 Å². The molecule has 538 valence electrons. The van der Waals surface area contributed by atoms with Crippen LogP contribution in [-0.2, 0) is 0 Å². The molecule has 0 saturated heterocycles. The average Bonchev–Trinajstić information content (AvgIpc) is 1.63. The van der Waals surface area contributed by atoms with Crippen LogP contribution in [0.3, 0.4) is 0 Å². The number of benzene rings is 15. The second kappa shape index (κ2) is 26.9. The third-order valence-corrected chi connectivity index (χ3v) is 25.7. The number of hydrogen-bond acceptors (Lipinski definition) is 12. The second-order valence-electron chi connectivity index (χ2n) is 29.2. The molecule has 22 rings (SSSR count). The summed E-state index contributed by atoms with van der Waals surface area (Å²) >= 11 is 7.03. The Bertz CT molecular complexity index is 7400. The van der Waals surface area contributed by atoms with Crippen molar-refractivity contribution in [1.29, 1.82) is 0 Å². The molecule has 15 aromatic carbocycles. The van der Waals surface area contributed by atoms with Gasteiger partial charge in [0.15, 0.2) is 0 Å². The molecule has 0 spiro atoms. The van der Waals surface area contributed by atoms with Crippen molar-refractivity contribution in [2.75, 3.05) is 24.5 Å². The minimum absolute atomic E-state index is 0.799. The van der Waals surface area contributed by atoms with Crippen LogP contribution in [0.5, 0.6) is 0 Å². The molecule has 0 bridgehead atoms. The third-order valence-electron chi connectivity index (χ3n) is 22.1. The maximum Gasteiger partial charge on any atom is 0.135 e. The molecule has 12 heteroatoms. The van der Waals surface area contributed by atoms with Gasteiger partial charge in [0.05, 0.1) is 0 Å². The first-order valence-corrected chi connectivity index (χ1v) is 41.3. The van der Waals surface area contributed by atoms with Crippen molar-refractivity contribution < 1.29 is 13.3 Å². The lowest BCUT2D eigenvalue weighted by molar-refractivity contribution is 0.668. The summed E-state index contributed by atoms with van der Waals surface area (Å²) in [5.74, 6) is 0. The van der Waals surface area contributed by atoms with Crippen molar-refractivity contribution in [3.63, 3.8) is 0 Å². The molecule has 22 aromatic rings. The summed E-state index contributed by atoms with van der Waals surface area (Å²) in [7, 11) is 0. The predicted molar refractivity (Wildman–Crippen MR) is 483 cm³/mol. The van der Waals surface area contributed by atoms with Gasteiger partial charge in [-0.05, 0) is 342 Å². The number of fused-ring (bicyclic) bond motifs is 13. The van der Waals surface area contributed by atoms with E-state index in [4.69, 9.17) is 13.3 Å². The van der Waals surface area contributed by atoms with Crippen LogP contribution >= 0.6 is 45.3 Å². The normalized spacial score (nSPS) is 11.8. The highest BCUT2D eigenvalue weighted by molar-refractivity contribution is 7.18. The van der Waals surface area contributed by atoms with E-state index in [-0.39, 0.29) is 0 Å². The van der Waals surface area contributed by atoms with Crippen molar-refractivity contribution in [1.82, 2.24) is 0 Å². The first kappa shape index (κ1) is 66.5. The predicted octanol–water partition coefficient (Wildman–Crippen LogP) is 32.2. The number of furan rings is 3. The summed E-state index contributed by atoms with van der Waals surface area (Å²) in [5.41, 5.74) is 26.5. The van der Waals surface area contributed by atoms with Gasteiger partial charge in [0.2, 0.25) is 0 Å². The standard InChI is InChI=1S/C101H67N5O3S4/c1-62-4-14-71(15-5-62)102(72-16-6-63(2)7-17-72)74-20-10-65(11-21-74)66-12-22-75(23-13-66)104(77-31-41-99-68(53-77)45-49-111-99)81-25-35-93-87(57-81)89-59-83(27-37-95(89)108-93)106(79-33-43-101-70(55-79)47-51-113-101)85-29-39-97-91(61-85)90-60-84(28-38-96(90)109-97)105(78-32-42-100-69(54-78)46-50-112-100)82-26-36-94-88(58-82)86-56-80(24-34-92(86)107-94)103(73-18-8-64(3)9-19-73)76-30-40-98-67(52-76)44-48-110-98/h4-61H,1-3H3. The molecule has 0 aliphatic heterocycles. The van der Waals surface area contributed by atoms with E-state index in [0.717, 1.165) is 162 Å². The highest BCUT2D eigenvalue weighted by atomic mass is 32.1. The van der Waals surface area contributed by atoms with Crippen LogP contribution in [0.2, 0.25) is 0 Å². The Kier molecular flexibility index (Phi) is 15.9. The Morgan fingerprint density at radius 2 is 0.354 bits per heavy atom. The minimum Gasteiger partial charge on any atom is -0.456 e. The van der Waals surface area contributed by atoms with Gasteiger partial charge in [-0.15, -0.1) is 45.3 Å². The average molecular weight is 1530 g/mol. The van der Waals surface area contributed by atoms with Crippen LogP contribution in [0.1, 0.15) is 16.7 Å². The Morgan fingerprint density at radius 1 is 0.177 bits per heavy atom. The van der Waals surface area contributed by atoms with E-state index in [0.29, 0.717) is 0 Å². The number of thiophene rings is 4. The van der Waals surface area contributed by atoms with Gasteiger partial charge in [0, 0.05) is 136 Å². The Balaban J connectivity index is 0.637. The van der Waals surface area contributed by atoms with E-state index < -0.39 is 0 Å². The zero-order chi connectivity index (χ0) is 74.9. The Labute approximate surface area is 667 Å². The Morgan fingerprint density at radius 3 is 0.584 bits per heavy atom. The topological polar surface area (TPSA) is 55.6 Å². The lowest BCUT2D eigenvalue weighted by Gasteiger charge is -2.26. The summed E-state index contributed by atoms with van der Waals surface area (Å²) in [6, 6.07) is 120. The molecular weight excluding hydrogens is 1460 g/mol. The SMILES string of the molecule is Cc1ccc(N(c2ccc(C)cc2)c2ccc(-c3ccc(N(c4ccc5sccc5c4)c4ccc5oc6ccc(N(c7ccc8sccc8c7)c7ccc8oc9ccc(N(c%10ccc%11sccc%11c%10)c%10ccc%11oc%12ccc(N(c%13ccc(C)cc%13)c%13ccc%14sccc%14c%13)cc%12c%11c%10)cc9c8c7)cc6c5c4)cc3)cc2)cc1. The summed E-state index contributed by atoms with van der Waals surface area (Å²) in [6.45, 7) is 6.40. The summed E-state index contributed by atoms with van der Waals surface area (Å²) in [6.07, 6.45) is 0. The quantitative estimate of drug-likeness (QED) is 0.0949. The van der Waals surface area contributed by atoms with E-state index >= 15 is 0 Å². The van der Waals surface area contributed by atoms with Crippen LogP contribution in [0.15, 0.2) is 362 Å². The lowest BCUT2D eigenvalue weighted by Crippen LogP contribution is -2.10. The molecule has 0 amide bonds. The fourth-order valence-electron chi connectivity index (χ4n) is 16.4. The molecule has 8 nitrogen and oxygen atoms in total. The van der Waals surface area contributed by atoms with E-state index in [1.54, 1.807) is 45.3 Å². The summed E-state index contributed by atoms with van der Waals surface area (Å²) in [5, 5.41) is 19.5. The Hall–Kier alpha value is -13.5. The maximum absolute atomic E-state index is 6.86. The molecular formula is C101H67N5O3S4. The molecule has 0 N–H and O–H groups in total. The van der Waals surface area contributed by atoms with Crippen molar-refractivity contribution >= 4 is 237 Å². The molecule has 0 aliphatic carbocycles. The van der Waals surface area contributed by atoms with E-state index in [9.17, 15) is 0 Å². The van der Waals surface area contributed by atoms with Crippen LogP contribution in [0.4, 0.5) is 85.3 Å². The first-order valence-electron chi connectivity index (χ1n) is 37.8. The number of anilines is 15. The number of rotatable bonds is 16. The largest absolute Gasteiger partial charge is 0.456 e. The molecule has 0 unspecified atom stereocenters. The van der Waals surface area contributed by atoms with Crippen LogP contribution in [0, 0.1) is 20.8 Å². The van der Waals surface area contributed by atoms with Crippen LogP contribution in [0.25, 0.3) is 117 Å². The smallest absolute Gasteiger partial charge is 0.135 e. The lowest BCUT2D eigenvalue weighted by atomic mass is 10.0. The maximum atomic E-state index is 6.86. The van der Waals surface area contributed by atoms with Gasteiger partial charge in [0.25, 0.3) is 0 Å². The zero-order valence-corrected chi connectivity index (χ0v) is 64.8. The van der Waals surface area contributed by atoms with Crippen molar-refractivity contribution in [3.8, 4) is 11.1 Å². The van der Waals surface area contributed by atoms with Gasteiger partial charge in [-0.3, -0.25) is 0 Å². The number of hydrogen-bond donors (Lipinski definition) is 0. The van der Waals surface area contributed by atoms with E-state index in [1.165, 1.54) is 57.0 Å². The monoisotopic (exact) mass is 1530 g/mol. The molecule has 7 heterocycles. The van der Waals surface area contributed by atoms with Gasteiger partial charge in [-0.1, -0.05) is 77.4 Å². The van der Waals surface area contributed by atoms with Gasteiger partial charge < -0.3 is 37.8 Å². The number of aryl methyl sites for hydroxylation is 3. The minimum atomic E-state index is 0.799. The van der Waals surface area contributed by atoms with Gasteiger partial charge in [-0.25, -0.2) is 0 Å². The summed E-state index contributed by atoms with van der Waals surface area (Å²) < 4.78 is 25.4. The molecule has 0 saturated carbocycles. The van der Waals surface area contributed by atoms with Gasteiger partial charge >= 0.3 is 0 Å². The second-order valence-corrected chi connectivity index (χ2v) is 33.0. The van der Waals surface area contributed by atoms with Gasteiger partial charge in [-0.2, -0.15) is 0 Å². The fourth-order valence-corrected chi connectivity index (χ4v) is 19.5. The molecule has 0 radical (unpaired) electrons. The molecule has 113 heavy (non-hydrogen) atoms. The van der Waals surface area contributed by atoms with E-state index in [2.05, 4.69) is 394 Å². The van der Waals surface area contributed by atoms with Crippen molar-refractivity contribution in [3.05, 3.63) is 366 Å². The number of nitrogens with zero attached hydrogens (tertiary/aromatic N) is 5.